The first kappa shape index (κ1) is 24.3. The van der Waals surface area contributed by atoms with Gasteiger partial charge in [0, 0.05) is 51.4 Å². The lowest BCUT2D eigenvalue weighted by Crippen LogP contribution is -2.52. The van der Waals surface area contributed by atoms with E-state index in [1.54, 1.807) is 7.11 Å². The normalized spacial score (nSPS) is 18.8. The minimum absolute atomic E-state index is 0.0188. The van der Waals surface area contributed by atoms with Crippen LogP contribution in [0.2, 0.25) is 0 Å². The van der Waals surface area contributed by atoms with E-state index in [9.17, 15) is 4.79 Å². The number of benzene rings is 2. The molecule has 0 spiro atoms. The van der Waals surface area contributed by atoms with Crippen LogP contribution in [0.4, 0.5) is 5.82 Å². The Balaban J connectivity index is 1.14. The first-order valence-electron chi connectivity index (χ1n) is 13.0. The van der Waals surface area contributed by atoms with Gasteiger partial charge in [-0.3, -0.25) is 9.69 Å². The molecule has 0 bridgehead atoms. The molecule has 36 heavy (non-hydrogen) atoms. The van der Waals surface area contributed by atoms with Crippen LogP contribution in [0, 0.1) is 5.92 Å². The van der Waals surface area contributed by atoms with Crippen molar-refractivity contribution >= 4 is 11.7 Å². The molecule has 2 saturated heterocycles. The maximum atomic E-state index is 13.4. The molecule has 2 aliphatic rings. The summed E-state index contributed by atoms with van der Waals surface area (Å²) < 4.78 is 5.46. The van der Waals surface area contributed by atoms with E-state index in [0.717, 1.165) is 81.4 Å². The topological polar surface area (TPSA) is 61.8 Å². The molecule has 0 radical (unpaired) electrons. The summed E-state index contributed by atoms with van der Waals surface area (Å²) in [5, 5.41) is 8.97. The highest BCUT2D eigenvalue weighted by molar-refractivity contribution is 5.80. The summed E-state index contributed by atoms with van der Waals surface area (Å²) in [6.07, 6.45) is 2.99. The Morgan fingerprint density at radius 3 is 2.44 bits per heavy atom. The number of carbonyl (C=O) groups is 1. The zero-order valence-electron chi connectivity index (χ0n) is 21.1. The number of nitrogens with zero attached hydrogens (tertiary/aromatic N) is 5. The van der Waals surface area contributed by atoms with Gasteiger partial charge in [0.25, 0.3) is 0 Å². The number of carbonyl (C=O) groups excluding carboxylic acids is 1. The van der Waals surface area contributed by atoms with Crippen molar-refractivity contribution in [2.45, 2.75) is 19.3 Å². The number of ether oxygens (including phenoxy) is 1. The summed E-state index contributed by atoms with van der Waals surface area (Å²) in [6.45, 7) is 6.19. The van der Waals surface area contributed by atoms with Crippen LogP contribution in [0.15, 0.2) is 66.7 Å². The van der Waals surface area contributed by atoms with Crippen LogP contribution in [-0.2, 0) is 11.2 Å². The fourth-order valence-corrected chi connectivity index (χ4v) is 5.26. The van der Waals surface area contributed by atoms with Crippen molar-refractivity contribution in [3.8, 4) is 17.0 Å². The summed E-state index contributed by atoms with van der Waals surface area (Å²) in [7, 11) is 1.66. The van der Waals surface area contributed by atoms with Gasteiger partial charge in [0.1, 0.15) is 5.75 Å². The molecule has 188 valence electrons. The Hall–Kier alpha value is -3.45. The summed E-state index contributed by atoms with van der Waals surface area (Å²) in [6, 6.07) is 22.4. The smallest absolute Gasteiger partial charge is 0.227 e. The number of rotatable bonds is 7. The number of hydrogen-bond donors (Lipinski definition) is 0. The standard InChI is InChI=1S/C29H35N5O2/c1-36-27-12-6-5-11-25(27)26-13-14-28(31-30-26)34-16-7-10-24(22-34)29(35)33-20-18-32(19-21-33)17-15-23-8-3-2-4-9-23/h2-6,8-9,11-14,24H,7,10,15-22H2,1H3. The first-order valence-corrected chi connectivity index (χ1v) is 13.0. The highest BCUT2D eigenvalue weighted by Gasteiger charge is 2.31. The zero-order valence-corrected chi connectivity index (χ0v) is 21.1. The van der Waals surface area contributed by atoms with E-state index in [0.29, 0.717) is 12.5 Å². The largest absolute Gasteiger partial charge is 0.496 e. The number of para-hydroxylation sites is 1. The minimum Gasteiger partial charge on any atom is -0.496 e. The number of piperidine rings is 1. The van der Waals surface area contributed by atoms with Crippen LogP contribution in [0.25, 0.3) is 11.3 Å². The van der Waals surface area contributed by atoms with Crippen molar-refractivity contribution in [3.63, 3.8) is 0 Å². The van der Waals surface area contributed by atoms with Gasteiger partial charge < -0.3 is 14.5 Å². The van der Waals surface area contributed by atoms with Crippen LogP contribution in [0.3, 0.4) is 0 Å². The Labute approximate surface area is 213 Å². The van der Waals surface area contributed by atoms with Crippen molar-refractivity contribution in [1.82, 2.24) is 20.0 Å². The van der Waals surface area contributed by atoms with Crippen LogP contribution in [-0.4, -0.2) is 78.8 Å². The highest BCUT2D eigenvalue weighted by Crippen LogP contribution is 2.29. The average molecular weight is 486 g/mol. The number of aromatic nitrogens is 2. The monoisotopic (exact) mass is 485 g/mol. The van der Waals surface area contributed by atoms with E-state index >= 15 is 0 Å². The highest BCUT2D eigenvalue weighted by atomic mass is 16.5. The molecule has 2 aromatic carbocycles. The van der Waals surface area contributed by atoms with E-state index in [1.807, 2.05) is 36.4 Å². The number of amides is 1. The summed E-state index contributed by atoms with van der Waals surface area (Å²) in [4.78, 5) is 20.1. The van der Waals surface area contributed by atoms with E-state index < -0.39 is 0 Å². The van der Waals surface area contributed by atoms with Crippen LogP contribution in [0.1, 0.15) is 18.4 Å². The van der Waals surface area contributed by atoms with Gasteiger partial charge in [-0.2, -0.15) is 0 Å². The lowest BCUT2D eigenvalue weighted by molar-refractivity contribution is -0.137. The molecule has 2 fully saturated rings. The Bertz CT molecular complexity index is 1130. The predicted molar refractivity (Wildman–Crippen MR) is 142 cm³/mol. The molecular formula is C29H35N5O2. The number of piperazine rings is 1. The van der Waals surface area contributed by atoms with Crippen molar-refractivity contribution < 1.29 is 9.53 Å². The van der Waals surface area contributed by atoms with E-state index in [1.165, 1.54) is 5.56 Å². The predicted octanol–water partition coefficient (Wildman–Crippen LogP) is 3.76. The number of anilines is 1. The van der Waals surface area contributed by atoms with Gasteiger partial charge in [0.2, 0.25) is 5.91 Å². The van der Waals surface area contributed by atoms with Gasteiger partial charge in [-0.25, -0.2) is 0 Å². The Morgan fingerprint density at radius 2 is 1.69 bits per heavy atom. The zero-order chi connectivity index (χ0) is 24.7. The average Bonchev–Trinajstić information content (AvgIpc) is 2.96. The second-order valence-corrected chi connectivity index (χ2v) is 9.66. The molecule has 0 saturated carbocycles. The third-order valence-electron chi connectivity index (χ3n) is 7.37. The van der Waals surface area contributed by atoms with Crippen LogP contribution in [0.5, 0.6) is 5.75 Å². The summed E-state index contributed by atoms with van der Waals surface area (Å²) in [5.74, 6) is 1.92. The lowest BCUT2D eigenvalue weighted by Gasteiger charge is -2.39. The summed E-state index contributed by atoms with van der Waals surface area (Å²) >= 11 is 0. The molecule has 3 aromatic rings. The molecule has 1 unspecified atom stereocenters. The second kappa shape index (κ2) is 11.5. The van der Waals surface area contributed by atoms with E-state index in [-0.39, 0.29) is 5.92 Å². The van der Waals surface area contributed by atoms with E-state index in [2.05, 4.69) is 55.2 Å². The fraction of sp³-hybridized carbons (Fsp3) is 0.414. The maximum absolute atomic E-state index is 13.4. The summed E-state index contributed by atoms with van der Waals surface area (Å²) in [5.41, 5.74) is 3.08. The molecule has 3 heterocycles. The van der Waals surface area contributed by atoms with Crippen LogP contribution >= 0.6 is 0 Å². The molecule has 1 aromatic heterocycles. The molecule has 5 rings (SSSR count). The van der Waals surface area contributed by atoms with Gasteiger partial charge >= 0.3 is 0 Å². The third-order valence-corrected chi connectivity index (χ3v) is 7.37. The van der Waals surface area contributed by atoms with Gasteiger partial charge in [0.15, 0.2) is 5.82 Å². The van der Waals surface area contributed by atoms with Gasteiger partial charge in [-0.05, 0) is 49.1 Å². The van der Waals surface area contributed by atoms with E-state index in [4.69, 9.17) is 4.74 Å². The maximum Gasteiger partial charge on any atom is 0.227 e. The van der Waals surface area contributed by atoms with Crippen LogP contribution < -0.4 is 9.64 Å². The number of hydrogen-bond acceptors (Lipinski definition) is 6. The Morgan fingerprint density at radius 1 is 0.917 bits per heavy atom. The molecular weight excluding hydrogens is 450 g/mol. The Kier molecular flexibility index (Phi) is 7.76. The molecule has 1 atom stereocenters. The third kappa shape index (κ3) is 5.68. The lowest BCUT2D eigenvalue weighted by atomic mass is 9.96. The van der Waals surface area contributed by atoms with Crippen molar-refractivity contribution in [2.24, 2.45) is 5.92 Å². The molecule has 7 nitrogen and oxygen atoms in total. The number of methoxy groups -OCH3 is 1. The minimum atomic E-state index is 0.0188. The quantitative estimate of drug-likeness (QED) is 0.508. The van der Waals surface area contributed by atoms with Crippen molar-refractivity contribution in [3.05, 3.63) is 72.3 Å². The molecule has 1 amide bonds. The first-order chi connectivity index (χ1) is 17.7. The fourth-order valence-electron chi connectivity index (χ4n) is 5.26. The van der Waals surface area contributed by atoms with Crippen molar-refractivity contribution in [2.75, 3.05) is 57.8 Å². The molecule has 7 heteroatoms. The molecule has 2 aliphatic heterocycles. The van der Waals surface area contributed by atoms with Gasteiger partial charge in [-0.15, -0.1) is 10.2 Å². The van der Waals surface area contributed by atoms with Crippen molar-refractivity contribution in [1.29, 1.82) is 0 Å². The SMILES string of the molecule is COc1ccccc1-c1ccc(N2CCCC(C(=O)N3CCN(CCc4ccccc4)CC3)C2)nn1. The second-order valence-electron chi connectivity index (χ2n) is 9.66. The molecule has 0 aliphatic carbocycles. The van der Waals surface area contributed by atoms with Gasteiger partial charge in [-0.1, -0.05) is 42.5 Å². The van der Waals surface area contributed by atoms with Gasteiger partial charge in [0.05, 0.1) is 18.7 Å². The molecule has 0 N–H and O–H groups in total.